The Bertz CT molecular complexity index is 1570. The molecule has 1 aromatic heterocycles. The standard InChI is InChI=1S/C41H52N2.C2H6/c1-12-14-15-16-19-26-33-30-43(37(29-36(33)38(5,6)7)34-27-21-20-24-31(34)3)40(10)39(8,9)41(40)35(23-13-2)32(4)25-18-17-22-28-42(41)11;1-2/h12-16,19-24,27-30H,1-2,4,11,17-18,25-26H2,3,5-10H3;1-2H3/q+2;/b15-14-,19-16-,28-22-,35-23+;. The zero-order chi connectivity index (χ0) is 33.6. The maximum Gasteiger partial charge on any atom is 0.268 e. The maximum atomic E-state index is 4.71. The number of allylic oxidation sites excluding steroid dienone is 8. The molecule has 0 bridgehead atoms. The lowest BCUT2D eigenvalue weighted by atomic mass is 9.82. The molecule has 0 saturated heterocycles. The molecular weight excluding hydrogens is 544 g/mol. The van der Waals surface area contributed by atoms with Gasteiger partial charge in [0, 0.05) is 29.7 Å². The zero-order valence-electron chi connectivity index (χ0n) is 29.7. The minimum absolute atomic E-state index is 0.0320. The molecule has 4 rings (SSSR count). The van der Waals surface area contributed by atoms with Crippen LogP contribution < -0.4 is 4.57 Å². The summed E-state index contributed by atoms with van der Waals surface area (Å²) in [5.41, 5.74) is 7.83. The molecule has 2 aliphatic rings. The van der Waals surface area contributed by atoms with E-state index < -0.39 is 5.54 Å². The molecular formula is C43H58N2+2. The number of hydrogen-bond donors (Lipinski definition) is 0. The smallest absolute Gasteiger partial charge is 0.195 e. The van der Waals surface area contributed by atoms with Crippen LogP contribution in [0.2, 0.25) is 0 Å². The topological polar surface area (TPSA) is 6.89 Å². The van der Waals surface area contributed by atoms with Gasteiger partial charge in [-0.1, -0.05) is 115 Å². The van der Waals surface area contributed by atoms with E-state index in [1.54, 1.807) is 0 Å². The fraction of sp³-hybridized carbons (Fsp3) is 0.395. The summed E-state index contributed by atoms with van der Waals surface area (Å²) in [6, 6.07) is 11.2. The van der Waals surface area contributed by atoms with E-state index in [1.807, 2.05) is 38.2 Å². The van der Waals surface area contributed by atoms with Crippen LogP contribution in [0.15, 0.2) is 122 Å². The second kappa shape index (κ2) is 14.1. The van der Waals surface area contributed by atoms with Gasteiger partial charge in [0.2, 0.25) is 11.2 Å². The van der Waals surface area contributed by atoms with Crippen LogP contribution in [-0.2, 0) is 17.4 Å². The van der Waals surface area contributed by atoms with Crippen LogP contribution in [0.5, 0.6) is 0 Å². The highest BCUT2D eigenvalue weighted by Gasteiger charge is 2.96. The second-order valence-corrected chi connectivity index (χ2v) is 13.9. The van der Waals surface area contributed by atoms with Gasteiger partial charge in [0.05, 0.1) is 0 Å². The summed E-state index contributed by atoms with van der Waals surface area (Å²) in [4.78, 5) is 0. The van der Waals surface area contributed by atoms with Gasteiger partial charge in [-0.3, -0.25) is 0 Å². The first-order valence-corrected chi connectivity index (χ1v) is 16.7. The fourth-order valence-corrected chi connectivity index (χ4v) is 7.71. The fourth-order valence-electron chi connectivity index (χ4n) is 7.71. The third-order valence-corrected chi connectivity index (χ3v) is 10.1. The summed E-state index contributed by atoms with van der Waals surface area (Å²) in [6.07, 6.45) is 25.1. The van der Waals surface area contributed by atoms with Gasteiger partial charge in [0.15, 0.2) is 12.4 Å². The average molecular weight is 603 g/mol. The van der Waals surface area contributed by atoms with E-state index in [0.29, 0.717) is 0 Å². The predicted octanol–water partition coefficient (Wildman–Crippen LogP) is 10.7. The number of nitrogens with zero attached hydrogens (tertiary/aromatic N) is 2. The lowest BCUT2D eigenvalue weighted by Crippen LogP contribution is -2.55. The van der Waals surface area contributed by atoms with Crippen molar-refractivity contribution < 1.29 is 9.14 Å². The Kier molecular flexibility index (Phi) is 11.2. The highest BCUT2D eigenvalue weighted by molar-refractivity contribution is 5.63. The molecule has 2 heteroatoms. The summed E-state index contributed by atoms with van der Waals surface area (Å²) < 4.78 is 4.81. The first-order chi connectivity index (χ1) is 21.3. The van der Waals surface area contributed by atoms with Gasteiger partial charge in [-0.05, 0) is 80.7 Å². The number of aryl methyl sites for hydroxylation is 1. The van der Waals surface area contributed by atoms with E-state index in [0.717, 1.165) is 25.7 Å². The molecule has 1 aliphatic heterocycles. The molecule has 1 saturated carbocycles. The zero-order valence-corrected chi connectivity index (χ0v) is 29.7. The van der Waals surface area contributed by atoms with Crippen molar-refractivity contribution >= 4 is 6.72 Å². The Balaban J connectivity index is 0.00000271. The van der Waals surface area contributed by atoms with Crippen molar-refractivity contribution in [2.24, 2.45) is 5.41 Å². The van der Waals surface area contributed by atoms with Crippen LogP contribution in [0.1, 0.15) is 91.3 Å². The molecule has 1 fully saturated rings. The van der Waals surface area contributed by atoms with E-state index in [4.69, 9.17) is 6.72 Å². The number of hydrogen-bond acceptors (Lipinski definition) is 0. The minimum Gasteiger partial charge on any atom is -0.195 e. The van der Waals surface area contributed by atoms with Crippen LogP contribution in [0, 0.1) is 12.3 Å². The molecule has 2 unspecified atom stereocenters. The van der Waals surface area contributed by atoms with Crippen LogP contribution in [-0.4, -0.2) is 16.8 Å². The minimum atomic E-state index is -0.433. The molecule has 45 heavy (non-hydrogen) atoms. The number of benzene rings is 1. The quantitative estimate of drug-likeness (QED) is 0.220. The van der Waals surface area contributed by atoms with Gasteiger partial charge in [-0.25, -0.2) is 0 Å². The lowest BCUT2D eigenvalue weighted by Gasteiger charge is -2.25. The van der Waals surface area contributed by atoms with Crippen molar-refractivity contribution in [3.05, 3.63) is 139 Å². The molecule has 2 heterocycles. The maximum absolute atomic E-state index is 4.71. The Morgan fingerprint density at radius 2 is 1.67 bits per heavy atom. The molecule has 1 spiro atoms. The van der Waals surface area contributed by atoms with Crippen LogP contribution in [0.25, 0.3) is 11.3 Å². The van der Waals surface area contributed by atoms with Gasteiger partial charge < -0.3 is 0 Å². The molecule has 238 valence electrons. The van der Waals surface area contributed by atoms with Crippen molar-refractivity contribution in [1.82, 2.24) is 0 Å². The van der Waals surface area contributed by atoms with Crippen molar-refractivity contribution in [2.75, 3.05) is 0 Å². The summed E-state index contributed by atoms with van der Waals surface area (Å²) >= 11 is 0. The normalized spacial score (nSPS) is 24.6. The summed E-state index contributed by atoms with van der Waals surface area (Å²) in [5, 5.41) is 0. The molecule has 2 atom stereocenters. The van der Waals surface area contributed by atoms with Gasteiger partial charge in [0.1, 0.15) is 12.1 Å². The molecule has 0 N–H and O–H groups in total. The van der Waals surface area contributed by atoms with E-state index >= 15 is 0 Å². The highest BCUT2D eigenvalue weighted by atomic mass is 15.3. The molecule has 2 nitrogen and oxygen atoms in total. The van der Waals surface area contributed by atoms with Gasteiger partial charge >= 0.3 is 0 Å². The number of pyridine rings is 1. The Labute approximate surface area is 275 Å². The van der Waals surface area contributed by atoms with Crippen molar-refractivity contribution in [2.45, 2.75) is 104 Å². The third kappa shape index (κ3) is 6.09. The Hall–Kier alpha value is -3.78. The molecule has 2 aromatic rings. The summed E-state index contributed by atoms with van der Waals surface area (Å²) in [6.45, 7) is 37.7. The van der Waals surface area contributed by atoms with E-state index in [9.17, 15) is 0 Å². The monoisotopic (exact) mass is 602 g/mol. The van der Waals surface area contributed by atoms with E-state index in [1.165, 1.54) is 39.1 Å². The Morgan fingerprint density at radius 3 is 2.29 bits per heavy atom. The van der Waals surface area contributed by atoms with E-state index in [-0.39, 0.29) is 16.4 Å². The molecule has 1 aromatic carbocycles. The van der Waals surface area contributed by atoms with Crippen LogP contribution in [0.4, 0.5) is 0 Å². The first kappa shape index (κ1) is 35.7. The van der Waals surface area contributed by atoms with Gasteiger partial charge in [0.25, 0.3) is 5.54 Å². The summed E-state index contributed by atoms with van der Waals surface area (Å²) in [7, 11) is 0. The van der Waals surface area contributed by atoms with Gasteiger partial charge in [-0.15, -0.1) is 0 Å². The molecule has 0 radical (unpaired) electrons. The third-order valence-electron chi connectivity index (χ3n) is 10.1. The Morgan fingerprint density at radius 1 is 0.978 bits per heavy atom. The largest absolute Gasteiger partial charge is 0.268 e. The highest BCUT2D eigenvalue weighted by Crippen LogP contribution is 2.73. The second-order valence-electron chi connectivity index (χ2n) is 13.9. The van der Waals surface area contributed by atoms with E-state index in [2.05, 4.69) is 144 Å². The number of rotatable bonds is 7. The SMILES string of the molecule is C=C/C=C\C=C/Cc1c[n+](C2(C)C(C)(C)C23/C(=C/C=C)C(=C)CCC/C=C\[N+]3=C)c(-c2ccccc2C)cc1C(C)(C)C.CC. The van der Waals surface area contributed by atoms with Gasteiger partial charge in [-0.2, -0.15) is 9.14 Å². The van der Waals surface area contributed by atoms with Crippen molar-refractivity contribution in [3.8, 4) is 11.3 Å². The molecule has 0 amide bonds. The van der Waals surface area contributed by atoms with Crippen LogP contribution in [0.3, 0.4) is 0 Å². The van der Waals surface area contributed by atoms with Crippen molar-refractivity contribution in [1.29, 1.82) is 0 Å². The number of aromatic nitrogens is 1. The average Bonchev–Trinajstić information content (AvgIpc) is 3.39. The molecule has 1 aliphatic carbocycles. The lowest BCUT2D eigenvalue weighted by molar-refractivity contribution is -0.751. The predicted molar refractivity (Wildman–Crippen MR) is 197 cm³/mol. The summed E-state index contributed by atoms with van der Waals surface area (Å²) in [5.74, 6) is 0. The first-order valence-electron chi connectivity index (χ1n) is 16.7. The van der Waals surface area contributed by atoms with Crippen LogP contribution >= 0.6 is 0 Å². The van der Waals surface area contributed by atoms with Crippen molar-refractivity contribution in [3.63, 3.8) is 0 Å².